The molecule has 0 aliphatic heterocycles. The molecule has 0 spiro atoms. The van der Waals surface area contributed by atoms with Gasteiger partial charge in [-0.15, -0.1) is 0 Å². The second kappa shape index (κ2) is 8.13. The van der Waals surface area contributed by atoms with E-state index in [1.54, 1.807) is 0 Å². The number of H-pyrrole nitrogens is 1. The van der Waals surface area contributed by atoms with Gasteiger partial charge in [0, 0.05) is 17.3 Å². The van der Waals surface area contributed by atoms with Crippen LogP contribution in [0.3, 0.4) is 0 Å². The van der Waals surface area contributed by atoms with Gasteiger partial charge >= 0.3 is 0 Å². The van der Waals surface area contributed by atoms with Crippen molar-refractivity contribution < 1.29 is 0 Å². The second-order valence-electron chi connectivity index (χ2n) is 7.25. The molecule has 1 N–H and O–H groups in total. The fourth-order valence-electron chi connectivity index (χ4n) is 3.60. The lowest BCUT2D eigenvalue weighted by Crippen LogP contribution is -1.99. The summed E-state index contributed by atoms with van der Waals surface area (Å²) in [6, 6.07) is 30.3. The molecule has 0 bridgehead atoms. The van der Waals surface area contributed by atoms with Crippen molar-refractivity contribution in [1.82, 2.24) is 19.7 Å². The number of fused-ring (bicyclic) bond motifs is 1. The van der Waals surface area contributed by atoms with Crippen LogP contribution in [0.1, 0.15) is 17.0 Å². The van der Waals surface area contributed by atoms with Gasteiger partial charge in [0.1, 0.15) is 11.9 Å². The van der Waals surface area contributed by atoms with Gasteiger partial charge in [-0.05, 0) is 23.8 Å². The first kappa shape index (κ1) is 18.6. The second-order valence-corrected chi connectivity index (χ2v) is 7.25. The number of allylic oxidation sites excluding steroid dienone is 1. The molecular formula is C26H19N5. The van der Waals surface area contributed by atoms with E-state index in [9.17, 15) is 5.26 Å². The van der Waals surface area contributed by atoms with E-state index < -0.39 is 0 Å². The fourth-order valence-corrected chi connectivity index (χ4v) is 3.60. The molecule has 0 amide bonds. The van der Waals surface area contributed by atoms with Crippen LogP contribution in [0.5, 0.6) is 0 Å². The van der Waals surface area contributed by atoms with E-state index in [2.05, 4.69) is 28.2 Å². The number of imidazole rings is 1. The van der Waals surface area contributed by atoms with Crippen LogP contribution in [-0.4, -0.2) is 19.7 Å². The Morgan fingerprint density at radius 3 is 2.39 bits per heavy atom. The molecule has 5 aromatic rings. The number of nitrogens with zero attached hydrogens (tertiary/aromatic N) is 4. The summed E-state index contributed by atoms with van der Waals surface area (Å²) >= 11 is 0. The Hall–Kier alpha value is -4.43. The van der Waals surface area contributed by atoms with E-state index in [0.717, 1.165) is 33.4 Å². The van der Waals surface area contributed by atoms with E-state index >= 15 is 0 Å². The van der Waals surface area contributed by atoms with Crippen molar-refractivity contribution >= 4 is 22.7 Å². The summed E-state index contributed by atoms with van der Waals surface area (Å²) in [7, 11) is 0. The Morgan fingerprint density at radius 2 is 1.65 bits per heavy atom. The van der Waals surface area contributed by atoms with Crippen LogP contribution >= 0.6 is 0 Å². The molecule has 5 rings (SSSR count). The number of rotatable bonds is 5. The molecule has 2 heterocycles. The molecule has 0 saturated heterocycles. The monoisotopic (exact) mass is 401 g/mol. The van der Waals surface area contributed by atoms with E-state index in [-0.39, 0.29) is 0 Å². The number of hydrogen-bond donors (Lipinski definition) is 1. The molecule has 0 fully saturated rings. The lowest BCUT2D eigenvalue weighted by Gasteiger charge is -2.01. The first-order chi connectivity index (χ1) is 15.3. The Balaban J connectivity index is 1.59. The Labute approximate surface area is 179 Å². The van der Waals surface area contributed by atoms with Gasteiger partial charge in [-0.25, -0.2) is 4.98 Å². The summed E-state index contributed by atoms with van der Waals surface area (Å²) in [5, 5.41) is 14.7. The SMILES string of the molecule is N#C/C(=C/c1cn(Cc2ccccc2)nc1-c1ccccc1)c1nc2ccccc2[nH]1. The third-order valence-electron chi connectivity index (χ3n) is 5.09. The lowest BCUT2D eigenvalue weighted by atomic mass is 10.1. The first-order valence-corrected chi connectivity index (χ1v) is 10.0. The molecule has 5 nitrogen and oxygen atoms in total. The standard InChI is InChI=1S/C26H19N5/c27-16-21(26-28-23-13-7-8-14-24(23)29-26)15-22-18-31(17-19-9-3-1-4-10-19)30-25(22)20-11-5-2-6-12-20/h1-15,18H,17H2,(H,28,29)/b21-15-. The van der Waals surface area contributed by atoms with E-state index in [0.29, 0.717) is 17.9 Å². The summed E-state index contributed by atoms with van der Waals surface area (Å²) in [5.41, 5.74) is 6.08. The molecule has 0 unspecified atom stereocenters. The highest BCUT2D eigenvalue weighted by Crippen LogP contribution is 2.27. The zero-order valence-electron chi connectivity index (χ0n) is 16.7. The molecular weight excluding hydrogens is 382 g/mol. The van der Waals surface area contributed by atoms with Gasteiger partial charge in [0.2, 0.25) is 0 Å². The van der Waals surface area contributed by atoms with E-state index in [1.165, 1.54) is 0 Å². The van der Waals surface area contributed by atoms with Gasteiger partial charge in [0.05, 0.1) is 28.8 Å². The minimum absolute atomic E-state index is 0.465. The Bertz CT molecular complexity index is 1370. The predicted octanol–water partition coefficient (Wildman–Crippen LogP) is 5.54. The maximum absolute atomic E-state index is 9.86. The van der Waals surface area contributed by atoms with Crippen molar-refractivity contribution in [3.63, 3.8) is 0 Å². The molecule has 0 atom stereocenters. The Kier molecular flexibility index (Phi) is 4.88. The van der Waals surface area contributed by atoms with Crippen LogP contribution in [0.25, 0.3) is 33.9 Å². The van der Waals surface area contributed by atoms with Crippen LogP contribution in [0.2, 0.25) is 0 Å². The minimum atomic E-state index is 0.465. The van der Waals surface area contributed by atoms with Crippen LogP contribution in [0.15, 0.2) is 91.1 Å². The number of aromatic amines is 1. The highest BCUT2D eigenvalue weighted by molar-refractivity contribution is 5.92. The Morgan fingerprint density at radius 1 is 0.935 bits per heavy atom. The van der Waals surface area contributed by atoms with Crippen molar-refractivity contribution in [2.24, 2.45) is 0 Å². The van der Waals surface area contributed by atoms with Crippen LogP contribution in [-0.2, 0) is 6.54 Å². The van der Waals surface area contributed by atoms with E-state index in [4.69, 9.17) is 5.10 Å². The number of aromatic nitrogens is 4. The average molecular weight is 401 g/mol. The summed E-state index contributed by atoms with van der Waals surface area (Å²) < 4.78 is 1.91. The predicted molar refractivity (Wildman–Crippen MR) is 123 cm³/mol. The summed E-state index contributed by atoms with van der Waals surface area (Å²) in [5.74, 6) is 0.554. The van der Waals surface area contributed by atoms with Gasteiger partial charge < -0.3 is 4.98 Å². The van der Waals surface area contributed by atoms with Crippen LogP contribution in [0, 0.1) is 11.3 Å². The maximum Gasteiger partial charge on any atom is 0.149 e. The summed E-state index contributed by atoms with van der Waals surface area (Å²) in [6.45, 7) is 0.654. The average Bonchev–Trinajstić information content (AvgIpc) is 3.42. The molecule has 5 heteroatoms. The number of benzene rings is 3. The normalized spacial score (nSPS) is 11.5. The maximum atomic E-state index is 9.86. The molecule has 0 aliphatic carbocycles. The molecule has 0 aliphatic rings. The van der Waals surface area contributed by atoms with Gasteiger partial charge in [-0.1, -0.05) is 72.8 Å². The van der Waals surface area contributed by atoms with Gasteiger partial charge in [-0.3, -0.25) is 4.68 Å². The lowest BCUT2D eigenvalue weighted by molar-refractivity contribution is 0.689. The third-order valence-corrected chi connectivity index (χ3v) is 5.09. The van der Waals surface area contributed by atoms with Gasteiger partial charge in [-0.2, -0.15) is 10.4 Å². The topological polar surface area (TPSA) is 70.3 Å². The number of hydrogen-bond acceptors (Lipinski definition) is 3. The fraction of sp³-hybridized carbons (Fsp3) is 0.0385. The largest absolute Gasteiger partial charge is 0.337 e. The third kappa shape index (κ3) is 3.87. The van der Waals surface area contributed by atoms with Crippen molar-refractivity contribution in [2.45, 2.75) is 6.54 Å². The molecule has 2 aromatic heterocycles. The summed E-state index contributed by atoms with van der Waals surface area (Å²) in [4.78, 5) is 7.83. The minimum Gasteiger partial charge on any atom is -0.337 e. The molecule has 3 aromatic carbocycles. The molecule has 0 saturated carbocycles. The zero-order chi connectivity index (χ0) is 21.0. The molecule has 148 valence electrons. The van der Waals surface area contributed by atoms with Crippen molar-refractivity contribution in [3.8, 4) is 17.3 Å². The molecule has 0 radical (unpaired) electrons. The highest BCUT2D eigenvalue weighted by Gasteiger charge is 2.13. The summed E-state index contributed by atoms with van der Waals surface area (Å²) in [6.07, 6.45) is 3.84. The first-order valence-electron chi connectivity index (χ1n) is 10.0. The van der Waals surface area contributed by atoms with Crippen molar-refractivity contribution in [1.29, 1.82) is 5.26 Å². The quantitative estimate of drug-likeness (QED) is 0.393. The number of para-hydroxylation sites is 2. The zero-order valence-corrected chi connectivity index (χ0v) is 16.7. The smallest absolute Gasteiger partial charge is 0.149 e. The van der Waals surface area contributed by atoms with E-state index in [1.807, 2.05) is 89.8 Å². The number of nitriles is 1. The molecule has 31 heavy (non-hydrogen) atoms. The van der Waals surface area contributed by atoms with Gasteiger partial charge in [0.15, 0.2) is 0 Å². The van der Waals surface area contributed by atoms with Crippen molar-refractivity contribution in [3.05, 3.63) is 108 Å². The highest BCUT2D eigenvalue weighted by atomic mass is 15.3. The van der Waals surface area contributed by atoms with Gasteiger partial charge in [0.25, 0.3) is 0 Å². The van der Waals surface area contributed by atoms with Crippen LogP contribution < -0.4 is 0 Å². The van der Waals surface area contributed by atoms with Crippen molar-refractivity contribution in [2.75, 3.05) is 0 Å². The van der Waals surface area contributed by atoms with Crippen LogP contribution in [0.4, 0.5) is 0 Å². The number of nitrogens with one attached hydrogen (secondary N) is 1.